The maximum Gasteiger partial charge on any atom is 0.164 e. The monoisotopic (exact) mass is 877 g/mol. The van der Waals surface area contributed by atoms with Gasteiger partial charge in [0, 0.05) is 49.6 Å². The number of benzene rings is 10. The van der Waals surface area contributed by atoms with Crippen LogP contribution in [0.2, 0.25) is 0 Å². The molecule has 0 unspecified atom stereocenters. The average Bonchev–Trinajstić information content (AvgIpc) is 4.11. The Kier molecular flexibility index (Phi) is 7.93. The molecule has 3 aromatic heterocycles. The smallest absolute Gasteiger partial charge is 0.164 e. The highest BCUT2D eigenvalue weighted by atomic mass is 15.0. The lowest BCUT2D eigenvalue weighted by molar-refractivity contribution is 0.795. The largest absolute Gasteiger partial charge is 0.309 e. The number of hydrogen-bond donors (Lipinski definition) is 0. The third-order valence-electron chi connectivity index (χ3n) is 14.8. The molecule has 0 radical (unpaired) electrons. The van der Waals surface area contributed by atoms with Crippen LogP contribution in [0.4, 0.5) is 0 Å². The number of hydrogen-bond acceptors (Lipinski definition) is 3. The highest BCUT2D eigenvalue weighted by Crippen LogP contribution is 2.64. The Morgan fingerprint density at radius 3 is 1.19 bits per heavy atom. The van der Waals surface area contributed by atoms with Crippen LogP contribution < -0.4 is 0 Å². The number of para-hydroxylation sites is 4. The van der Waals surface area contributed by atoms with Gasteiger partial charge in [0.05, 0.1) is 27.5 Å². The highest BCUT2D eigenvalue weighted by Gasteiger charge is 2.52. The predicted octanol–water partition coefficient (Wildman–Crippen LogP) is 15.4. The zero-order valence-electron chi connectivity index (χ0n) is 37.3. The summed E-state index contributed by atoms with van der Waals surface area (Å²) in [5.74, 6) is 1.91. The summed E-state index contributed by atoms with van der Waals surface area (Å²) in [6.07, 6.45) is 0. The van der Waals surface area contributed by atoms with Crippen LogP contribution in [0.25, 0.3) is 111 Å². The van der Waals surface area contributed by atoms with Crippen molar-refractivity contribution in [3.05, 3.63) is 259 Å². The van der Waals surface area contributed by atoms with Crippen molar-refractivity contribution in [2.45, 2.75) is 5.41 Å². The molecule has 2 aliphatic carbocycles. The molecule has 0 bridgehead atoms. The van der Waals surface area contributed by atoms with Crippen LogP contribution in [0.5, 0.6) is 0 Å². The lowest BCUT2D eigenvalue weighted by Crippen LogP contribution is -2.26. The first-order chi connectivity index (χ1) is 34.2. The Hall–Kier alpha value is -9.19. The molecule has 15 rings (SSSR count). The molecule has 0 atom stereocenters. The molecular formula is C64H39N5. The van der Waals surface area contributed by atoms with E-state index < -0.39 is 5.41 Å². The van der Waals surface area contributed by atoms with Gasteiger partial charge in [-0.05, 0) is 111 Å². The molecule has 2 aliphatic rings. The molecule has 5 heteroatoms. The van der Waals surface area contributed by atoms with Gasteiger partial charge in [-0.2, -0.15) is 0 Å². The van der Waals surface area contributed by atoms with Crippen molar-refractivity contribution >= 4 is 43.6 Å². The highest BCUT2D eigenvalue weighted by molar-refractivity contribution is 6.15. The summed E-state index contributed by atoms with van der Waals surface area (Å²) in [4.78, 5) is 15.6. The SMILES string of the molecule is c1ccc(-c2nc(-c3ccccc3)nc(-c3ccc4c(c3)C3(c5ccccc5-4)c4cc5c(cc4-c4cc6c7ccccc7n(-c7ccccc7)c6cc43)c3ccccc3n5-c3ccccc3)n2)cc1. The maximum absolute atomic E-state index is 5.27. The van der Waals surface area contributed by atoms with Crippen molar-refractivity contribution in [1.82, 2.24) is 24.1 Å². The van der Waals surface area contributed by atoms with Crippen LogP contribution in [0.15, 0.2) is 237 Å². The van der Waals surface area contributed by atoms with Gasteiger partial charge in [-0.15, -0.1) is 0 Å². The quantitative estimate of drug-likeness (QED) is 0.173. The van der Waals surface area contributed by atoms with Crippen molar-refractivity contribution in [3.8, 4) is 67.8 Å². The Morgan fingerprint density at radius 1 is 0.261 bits per heavy atom. The van der Waals surface area contributed by atoms with Crippen molar-refractivity contribution in [1.29, 1.82) is 0 Å². The molecular weight excluding hydrogens is 839 g/mol. The molecule has 320 valence electrons. The Bertz CT molecular complexity index is 4010. The van der Waals surface area contributed by atoms with E-state index in [1.165, 1.54) is 88.1 Å². The molecule has 0 aliphatic heterocycles. The van der Waals surface area contributed by atoms with E-state index in [1.807, 2.05) is 36.4 Å². The summed E-state index contributed by atoms with van der Waals surface area (Å²) in [5, 5.41) is 4.93. The van der Waals surface area contributed by atoms with Crippen LogP contribution in [0, 0.1) is 0 Å². The van der Waals surface area contributed by atoms with Gasteiger partial charge in [0.1, 0.15) is 0 Å². The average molecular weight is 878 g/mol. The normalized spacial score (nSPS) is 13.0. The second kappa shape index (κ2) is 14.4. The van der Waals surface area contributed by atoms with E-state index in [2.05, 4.69) is 209 Å². The van der Waals surface area contributed by atoms with Gasteiger partial charge in [-0.3, -0.25) is 0 Å². The second-order valence-corrected chi connectivity index (χ2v) is 18.3. The molecule has 0 N–H and O–H groups in total. The molecule has 0 saturated carbocycles. The van der Waals surface area contributed by atoms with Crippen molar-refractivity contribution in [2.75, 3.05) is 0 Å². The molecule has 0 amide bonds. The molecule has 5 nitrogen and oxygen atoms in total. The van der Waals surface area contributed by atoms with Gasteiger partial charge in [0.2, 0.25) is 0 Å². The Balaban J connectivity index is 1.08. The third-order valence-corrected chi connectivity index (χ3v) is 14.8. The number of fused-ring (bicyclic) bond motifs is 16. The van der Waals surface area contributed by atoms with Gasteiger partial charge in [0.25, 0.3) is 0 Å². The van der Waals surface area contributed by atoms with E-state index in [1.54, 1.807) is 0 Å². The minimum atomic E-state index is -0.706. The fourth-order valence-corrected chi connectivity index (χ4v) is 11.9. The predicted molar refractivity (Wildman–Crippen MR) is 281 cm³/mol. The summed E-state index contributed by atoms with van der Waals surface area (Å²) < 4.78 is 4.91. The fraction of sp³-hybridized carbons (Fsp3) is 0.0156. The van der Waals surface area contributed by atoms with E-state index in [0.29, 0.717) is 17.5 Å². The summed E-state index contributed by atoms with van der Waals surface area (Å²) in [6.45, 7) is 0. The second-order valence-electron chi connectivity index (χ2n) is 18.3. The topological polar surface area (TPSA) is 48.5 Å². The minimum absolute atomic E-state index is 0.634. The van der Waals surface area contributed by atoms with Crippen molar-refractivity contribution in [3.63, 3.8) is 0 Å². The zero-order chi connectivity index (χ0) is 45.2. The van der Waals surface area contributed by atoms with E-state index >= 15 is 0 Å². The third kappa shape index (κ3) is 5.32. The summed E-state index contributed by atoms with van der Waals surface area (Å²) in [6, 6.07) is 85.8. The molecule has 1 spiro atoms. The van der Waals surface area contributed by atoms with Crippen LogP contribution >= 0.6 is 0 Å². The lowest BCUT2D eigenvalue weighted by Gasteiger charge is -2.31. The fourth-order valence-electron chi connectivity index (χ4n) is 11.9. The zero-order valence-corrected chi connectivity index (χ0v) is 37.3. The number of rotatable bonds is 5. The molecule has 0 saturated heterocycles. The molecule has 69 heavy (non-hydrogen) atoms. The van der Waals surface area contributed by atoms with Crippen LogP contribution in [0.3, 0.4) is 0 Å². The van der Waals surface area contributed by atoms with Gasteiger partial charge in [0.15, 0.2) is 17.5 Å². The van der Waals surface area contributed by atoms with Crippen LogP contribution in [0.1, 0.15) is 22.3 Å². The van der Waals surface area contributed by atoms with E-state index in [0.717, 1.165) is 28.1 Å². The molecule has 0 fully saturated rings. The first-order valence-corrected chi connectivity index (χ1v) is 23.6. The lowest BCUT2D eigenvalue weighted by atomic mass is 9.70. The van der Waals surface area contributed by atoms with E-state index in [4.69, 9.17) is 15.0 Å². The van der Waals surface area contributed by atoms with Crippen LogP contribution in [-0.4, -0.2) is 24.1 Å². The maximum atomic E-state index is 5.27. The Morgan fingerprint density at radius 2 is 0.667 bits per heavy atom. The minimum Gasteiger partial charge on any atom is -0.309 e. The van der Waals surface area contributed by atoms with E-state index in [-0.39, 0.29) is 0 Å². The summed E-state index contributed by atoms with van der Waals surface area (Å²) in [7, 11) is 0. The number of nitrogens with zero attached hydrogens (tertiary/aromatic N) is 5. The van der Waals surface area contributed by atoms with Gasteiger partial charge in [-0.1, -0.05) is 170 Å². The summed E-state index contributed by atoms with van der Waals surface area (Å²) in [5.41, 5.74) is 19.1. The molecule has 3 heterocycles. The standard InChI is InChI=1S/C64H39N5/c1-5-19-40(20-6-1)61-65-62(41-21-7-2-8-22-41)67-63(66-61)42-33-34-46-45-27-13-16-30-53(45)64(54(46)35-42)55-38-59-51(47-28-14-17-31-57(47)68(59)43-23-9-3-10-24-43)36-49(55)50-37-52-48-29-15-18-32-58(48)69(60(52)39-56(50)64)44-25-11-4-12-26-44/h1-39H. The molecule has 10 aromatic carbocycles. The van der Waals surface area contributed by atoms with E-state index in [9.17, 15) is 0 Å². The molecule has 13 aromatic rings. The van der Waals surface area contributed by atoms with Gasteiger partial charge >= 0.3 is 0 Å². The first-order valence-electron chi connectivity index (χ1n) is 23.6. The first kappa shape index (κ1) is 38.0. The number of aromatic nitrogens is 5. The van der Waals surface area contributed by atoms with Gasteiger partial charge < -0.3 is 9.13 Å². The summed E-state index contributed by atoms with van der Waals surface area (Å²) >= 11 is 0. The van der Waals surface area contributed by atoms with Crippen LogP contribution in [-0.2, 0) is 5.41 Å². The van der Waals surface area contributed by atoms with Crippen molar-refractivity contribution < 1.29 is 0 Å². The van der Waals surface area contributed by atoms with Gasteiger partial charge in [-0.25, -0.2) is 15.0 Å². The van der Waals surface area contributed by atoms with Crippen molar-refractivity contribution in [2.24, 2.45) is 0 Å². The Labute approximate surface area is 397 Å².